The van der Waals surface area contributed by atoms with E-state index in [4.69, 9.17) is 16.3 Å². The fraction of sp³-hybridized carbons (Fsp3) is 0.833. The minimum Gasteiger partial charge on any atom is -0.433 e. The maximum atomic E-state index is 10.9. The van der Waals surface area contributed by atoms with Gasteiger partial charge < -0.3 is 9.47 Å². The van der Waals surface area contributed by atoms with E-state index in [2.05, 4.69) is 4.74 Å². The van der Waals surface area contributed by atoms with E-state index in [0.717, 1.165) is 6.42 Å². The molecule has 64 valence electrons. The molecule has 11 heavy (non-hydrogen) atoms. The molecule has 0 N–H and O–H groups in total. The number of carbonyl (C=O) groups excluding carboxylic acids is 1. The molecule has 0 bridgehead atoms. The van der Waals surface area contributed by atoms with Gasteiger partial charge in [-0.2, -0.15) is 0 Å². The normalized spacial score (nSPS) is 18.1. The van der Waals surface area contributed by atoms with Crippen molar-refractivity contribution in [2.45, 2.75) is 6.42 Å². The van der Waals surface area contributed by atoms with Crippen LogP contribution in [-0.2, 0) is 9.47 Å². The summed E-state index contributed by atoms with van der Waals surface area (Å²) in [5.74, 6) is 0. The summed E-state index contributed by atoms with van der Waals surface area (Å²) in [5.41, 5.74) is 0. The van der Waals surface area contributed by atoms with Crippen molar-refractivity contribution in [3.8, 4) is 0 Å². The van der Waals surface area contributed by atoms with E-state index in [1.807, 2.05) is 0 Å². The number of hydrogen-bond acceptors (Lipinski definition) is 3. The molecule has 0 spiro atoms. The second-order valence-corrected chi connectivity index (χ2v) is 2.39. The van der Waals surface area contributed by atoms with Crippen LogP contribution >= 0.6 is 11.6 Å². The number of amides is 1. The lowest BCUT2D eigenvalue weighted by atomic mass is 10.4. The first-order valence-electron chi connectivity index (χ1n) is 3.40. The smallest absolute Gasteiger partial charge is 0.412 e. The molecule has 0 radical (unpaired) electrons. The second-order valence-electron chi connectivity index (χ2n) is 2.17. The van der Waals surface area contributed by atoms with Crippen molar-refractivity contribution < 1.29 is 14.3 Å². The summed E-state index contributed by atoms with van der Waals surface area (Å²) >= 11 is 5.21. The van der Waals surface area contributed by atoms with Gasteiger partial charge in [-0.1, -0.05) is 11.6 Å². The van der Waals surface area contributed by atoms with E-state index in [9.17, 15) is 4.79 Å². The average Bonchev–Trinajstić information content (AvgIpc) is 2.07. The molecule has 1 aliphatic heterocycles. The van der Waals surface area contributed by atoms with Crippen LogP contribution < -0.4 is 0 Å². The summed E-state index contributed by atoms with van der Waals surface area (Å²) in [6.45, 7) is 1.72. The Labute approximate surface area is 70.0 Å². The molecular formula is C6H10ClNO3. The van der Waals surface area contributed by atoms with Crippen LogP contribution in [0.2, 0.25) is 0 Å². The molecule has 1 heterocycles. The van der Waals surface area contributed by atoms with Crippen molar-refractivity contribution >= 4 is 17.7 Å². The Morgan fingerprint density at radius 3 is 3.09 bits per heavy atom. The molecule has 1 fully saturated rings. The molecule has 5 heteroatoms. The summed E-state index contributed by atoms with van der Waals surface area (Å²) < 4.78 is 9.59. The zero-order valence-corrected chi connectivity index (χ0v) is 6.84. The molecule has 1 amide bonds. The van der Waals surface area contributed by atoms with E-state index in [0.29, 0.717) is 19.9 Å². The van der Waals surface area contributed by atoms with Gasteiger partial charge in [-0.05, 0) is 6.42 Å². The maximum absolute atomic E-state index is 10.9. The van der Waals surface area contributed by atoms with Crippen LogP contribution in [0.4, 0.5) is 4.79 Å². The summed E-state index contributed by atoms with van der Waals surface area (Å²) in [6, 6.07) is -0.102. The maximum Gasteiger partial charge on any atom is 0.412 e. The van der Waals surface area contributed by atoms with Gasteiger partial charge in [0.05, 0.1) is 6.61 Å². The monoisotopic (exact) mass is 179 g/mol. The van der Waals surface area contributed by atoms with Crippen molar-refractivity contribution in [1.82, 2.24) is 4.90 Å². The van der Waals surface area contributed by atoms with Gasteiger partial charge in [0, 0.05) is 6.54 Å². The lowest BCUT2D eigenvalue weighted by Crippen LogP contribution is -2.38. The third-order valence-electron chi connectivity index (χ3n) is 1.40. The van der Waals surface area contributed by atoms with Gasteiger partial charge in [0.1, 0.15) is 6.73 Å². The third kappa shape index (κ3) is 2.55. The van der Waals surface area contributed by atoms with E-state index >= 15 is 0 Å². The highest BCUT2D eigenvalue weighted by molar-refractivity contribution is 6.17. The van der Waals surface area contributed by atoms with Crippen LogP contribution in [0.3, 0.4) is 0 Å². The van der Waals surface area contributed by atoms with Crippen LogP contribution in [0.1, 0.15) is 6.42 Å². The first kappa shape index (κ1) is 8.62. The zero-order chi connectivity index (χ0) is 8.10. The van der Waals surface area contributed by atoms with E-state index in [-0.39, 0.29) is 6.07 Å². The highest BCUT2D eigenvalue weighted by Gasteiger charge is 2.17. The molecule has 0 aromatic rings. The Morgan fingerprint density at radius 2 is 2.55 bits per heavy atom. The Morgan fingerprint density at radius 1 is 1.73 bits per heavy atom. The number of hydrogen-bond donors (Lipinski definition) is 0. The summed E-state index contributed by atoms with van der Waals surface area (Å²) in [6.07, 6.45) is 0.455. The third-order valence-corrected chi connectivity index (χ3v) is 1.51. The van der Waals surface area contributed by atoms with Gasteiger partial charge in [-0.25, -0.2) is 4.79 Å². The largest absolute Gasteiger partial charge is 0.433 e. The minimum atomic E-state index is -0.403. The van der Waals surface area contributed by atoms with Gasteiger partial charge in [-0.15, -0.1) is 0 Å². The molecule has 0 aromatic heterocycles. The topological polar surface area (TPSA) is 38.8 Å². The van der Waals surface area contributed by atoms with Gasteiger partial charge in [0.2, 0.25) is 0 Å². The lowest BCUT2D eigenvalue weighted by Gasteiger charge is -2.25. The van der Waals surface area contributed by atoms with Crippen LogP contribution in [0.15, 0.2) is 0 Å². The standard InChI is InChI=1S/C6H10ClNO3/c7-4-11-6(9)8-2-1-3-10-5-8/h1-5H2. The summed E-state index contributed by atoms with van der Waals surface area (Å²) in [5, 5.41) is 0. The van der Waals surface area contributed by atoms with Gasteiger partial charge >= 0.3 is 6.09 Å². The van der Waals surface area contributed by atoms with E-state index < -0.39 is 6.09 Å². The average molecular weight is 180 g/mol. The SMILES string of the molecule is O=C(OCCl)N1CCCOC1. The number of alkyl halides is 1. The molecule has 0 aliphatic carbocycles. The fourth-order valence-electron chi connectivity index (χ4n) is 0.879. The molecule has 1 aliphatic rings. The summed E-state index contributed by atoms with van der Waals surface area (Å²) in [7, 11) is 0. The van der Waals surface area contributed by atoms with Crippen molar-refractivity contribution in [2.75, 3.05) is 25.9 Å². The number of ether oxygens (including phenoxy) is 2. The molecular weight excluding hydrogens is 170 g/mol. The number of rotatable bonds is 1. The van der Waals surface area contributed by atoms with E-state index in [1.165, 1.54) is 4.90 Å². The number of nitrogens with zero attached hydrogens (tertiary/aromatic N) is 1. The second kappa shape index (κ2) is 4.41. The summed E-state index contributed by atoms with van der Waals surface area (Å²) in [4.78, 5) is 12.4. The molecule has 1 saturated heterocycles. The van der Waals surface area contributed by atoms with Crippen molar-refractivity contribution in [1.29, 1.82) is 0 Å². The Balaban J connectivity index is 2.27. The van der Waals surface area contributed by atoms with E-state index in [1.54, 1.807) is 0 Å². The lowest BCUT2D eigenvalue weighted by molar-refractivity contribution is -0.0102. The Hall–Kier alpha value is -0.480. The first-order valence-corrected chi connectivity index (χ1v) is 3.93. The molecule has 0 atom stereocenters. The van der Waals surface area contributed by atoms with Crippen LogP contribution in [0.5, 0.6) is 0 Å². The van der Waals surface area contributed by atoms with Crippen LogP contribution in [0, 0.1) is 0 Å². The quantitative estimate of drug-likeness (QED) is 0.564. The molecule has 0 unspecified atom stereocenters. The first-order chi connectivity index (χ1) is 5.34. The van der Waals surface area contributed by atoms with Crippen molar-refractivity contribution in [3.05, 3.63) is 0 Å². The number of carbonyl (C=O) groups is 1. The van der Waals surface area contributed by atoms with Crippen LogP contribution in [0.25, 0.3) is 0 Å². The van der Waals surface area contributed by atoms with Crippen LogP contribution in [-0.4, -0.2) is 36.9 Å². The molecule has 1 rings (SSSR count). The minimum absolute atomic E-state index is 0.102. The van der Waals surface area contributed by atoms with Gasteiger partial charge in [-0.3, -0.25) is 4.90 Å². The predicted molar refractivity (Wildman–Crippen MR) is 39.3 cm³/mol. The fourth-order valence-corrected chi connectivity index (χ4v) is 0.972. The molecule has 0 saturated carbocycles. The predicted octanol–water partition coefficient (Wildman–Crippen LogP) is 0.999. The molecule has 4 nitrogen and oxygen atoms in total. The Kier molecular flexibility index (Phi) is 3.45. The van der Waals surface area contributed by atoms with Crippen molar-refractivity contribution in [3.63, 3.8) is 0 Å². The zero-order valence-electron chi connectivity index (χ0n) is 6.09. The van der Waals surface area contributed by atoms with Gasteiger partial charge in [0.25, 0.3) is 0 Å². The highest BCUT2D eigenvalue weighted by Crippen LogP contribution is 2.03. The highest BCUT2D eigenvalue weighted by atomic mass is 35.5. The molecule has 0 aromatic carbocycles. The van der Waals surface area contributed by atoms with Crippen molar-refractivity contribution in [2.24, 2.45) is 0 Å². The Bertz CT molecular complexity index is 136. The number of halogens is 1. The van der Waals surface area contributed by atoms with Gasteiger partial charge in [0.15, 0.2) is 6.07 Å².